The van der Waals surface area contributed by atoms with E-state index in [9.17, 15) is 27.6 Å². The molecule has 3 atom stereocenters. The second-order valence-electron chi connectivity index (χ2n) is 8.57. The summed E-state index contributed by atoms with van der Waals surface area (Å²) >= 11 is 0. The summed E-state index contributed by atoms with van der Waals surface area (Å²) in [5.74, 6) is -1.85. The van der Waals surface area contributed by atoms with Crippen molar-refractivity contribution >= 4 is 23.6 Å². The smallest absolute Gasteiger partial charge is 0.370 e. The van der Waals surface area contributed by atoms with Crippen LogP contribution in [-0.2, 0) is 25.5 Å². The van der Waals surface area contributed by atoms with Crippen molar-refractivity contribution in [3.05, 3.63) is 35.9 Å². The first-order valence-corrected chi connectivity index (χ1v) is 11.6. The molecule has 0 bridgehead atoms. The van der Waals surface area contributed by atoms with Crippen LogP contribution in [0.2, 0.25) is 0 Å². The van der Waals surface area contributed by atoms with Gasteiger partial charge in [0.25, 0.3) is 0 Å². The van der Waals surface area contributed by atoms with E-state index in [4.69, 9.17) is 17.2 Å². The lowest BCUT2D eigenvalue weighted by Gasteiger charge is -2.28. The Morgan fingerprint density at radius 2 is 1.89 bits per heavy atom. The summed E-state index contributed by atoms with van der Waals surface area (Å²) in [6, 6.07) is 6.39. The molecule has 2 rings (SSSR count). The normalized spacial score (nSPS) is 17.3. The Morgan fingerprint density at radius 3 is 2.53 bits per heavy atom. The fourth-order valence-electron chi connectivity index (χ4n) is 3.92. The number of ether oxygens (including phenoxy) is 1. The molecule has 0 spiro atoms. The lowest BCUT2D eigenvalue weighted by Crippen LogP contribution is -2.54. The van der Waals surface area contributed by atoms with Crippen LogP contribution in [0.3, 0.4) is 0 Å². The Labute approximate surface area is 207 Å². The first kappa shape index (κ1) is 29.0. The number of hydrogen-bond acceptors (Lipinski definition) is 6. The number of ketones is 1. The van der Waals surface area contributed by atoms with E-state index in [0.29, 0.717) is 25.8 Å². The Balaban J connectivity index is 2.02. The Kier molecular flexibility index (Phi) is 11.1. The van der Waals surface area contributed by atoms with Crippen molar-refractivity contribution in [2.75, 3.05) is 26.3 Å². The fourth-order valence-corrected chi connectivity index (χ4v) is 3.92. The number of aliphatic imine (C=N–C) groups is 1. The molecule has 0 aliphatic carbocycles. The van der Waals surface area contributed by atoms with Gasteiger partial charge >= 0.3 is 6.18 Å². The summed E-state index contributed by atoms with van der Waals surface area (Å²) < 4.78 is 41.6. The highest BCUT2D eigenvalue weighted by Crippen LogP contribution is 2.20. The maximum absolute atomic E-state index is 13.0. The molecule has 200 valence electrons. The molecule has 1 aromatic carbocycles. The number of nitrogens with one attached hydrogen (secondary N) is 1. The summed E-state index contributed by atoms with van der Waals surface area (Å²) in [4.78, 5) is 43.8. The van der Waals surface area contributed by atoms with Gasteiger partial charge in [0, 0.05) is 13.1 Å². The topological polar surface area (TPSA) is 166 Å². The van der Waals surface area contributed by atoms with Crippen LogP contribution in [-0.4, -0.2) is 79.1 Å². The van der Waals surface area contributed by atoms with Crippen LogP contribution in [0.25, 0.3) is 0 Å². The third kappa shape index (κ3) is 9.82. The SMILES string of the molecule is NC(N)=NCCCC(NC(=O)C1CCCN1C(=O)C(N)Cc1ccccc1)C(=O)COCC(F)(F)F. The molecule has 3 unspecified atom stereocenters. The summed E-state index contributed by atoms with van der Waals surface area (Å²) in [5.41, 5.74) is 17.5. The lowest BCUT2D eigenvalue weighted by molar-refractivity contribution is -0.175. The lowest BCUT2D eigenvalue weighted by atomic mass is 10.0. The molecule has 7 N–H and O–H groups in total. The number of halogens is 3. The molecule has 0 saturated carbocycles. The van der Waals surface area contributed by atoms with Crippen molar-refractivity contribution in [1.29, 1.82) is 0 Å². The Morgan fingerprint density at radius 1 is 1.19 bits per heavy atom. The molecule has 0 aromatic heterocycles. The summed E-state index contributed by atoms with van der Waals surface area (Å²) in [6.45, 7) is -1.93. The van der Waals surface area contributed by atoms with Crippen molar-refractivity contribution in [2.45, 2.75) is 56.4 Å². The van der Waals surface area contributed by atoms with Gasteiger partial charge in [0.15, 0.2) is 11.7 Å². The average molecular weight is 515 g/mol. The van der Waals surface area contributed by atoms with Crippen molar-refractivity contribution in [2.24, 2.45) is 22.2 Å². The Hall–Kier alpha value is -3.19. The van der Waals surface area contributed by atoms with Crippen molar-refractivity contribution in [1.82, 2.24) is 10.2 Å². The summed E-state index contributed by atoms with van der Waals surface area (Å²) in [5, 5.41) is 2.57. The van der Waals surface area contributed by atoms with Crippen molar-refractivity contribution in [3.63, 3.8) is 0 Å². The zero-order valence-electron chi connectivity index (χ0n) is 19.9. The molecular formula is C23H33F3N6O4. The third-order valence-corrected chi connectivity index (χ3v) is 5.61. The molecular weight excluding hydrogens is 481 g/mol. The van der Waals surface area contributed by atoms with Gasteiger partial charge in [0.2, 0.25) is 11.8 Å². The third-order valence-electron chi connectivity index (χ3n) is 5.61. The molecule has 1 aromatic rings. The van der Waals surface area contributed by atoms with E-state index in [0.717, 1.165) is 5.56 Å². The maximum atomic E-state index is 13.0. The van der Waals surface area contributed by atoms with Crippen LogP contribution >= 0.6 is 0 Å². The fraction of sp³-hybridized carbons (Fsp3) is 0.565. The van der Waals surface area contributed by atoms with Crippen molar-refractivity contribution < 1.29 is 32.3 Å². The van der Waals surface area contributed by atoms with E-state index in [1.54, 1.807) is 0 Å². The molecule has 10 nitrogen and oxygen atoms in total. The minimum Gasteiger partial charge on any atom is -0.370 e. The second kappa shape index (κ2) is 13.8. The monoisotopic (exact) mass is 514 g/mol. The molecule has 1 saturated heterocycles. The number of carbonyl (C=O) groups excluding carboxylic acids is 3. The van der Waals surface area contributed by atoms with Gasteiger partial charge in [-0.1, -0.05) is 30.3 Å². The predicted molar refractivity (Wildman–Crippen MR) is 127 cm³/mol. The summed E-state index contributed by atoms with van der Waals surface area (Å²) in [6.07, 6.45) is -2.99. The minimum atomic E-state index is -4.59. The second-order valence-corrected chi connectivity index (χ2v) is 8.57. The summed E-state index contributed by atoms with van der Waals surface area (Å²) in [7, 11) is 0. The number of hydrogen-bond donors (Lipinski definition) is 4. The van der Waals surface area contributed by atoms with E-state index in [1.807, 2.05) is 30.3 Å². The van der Waals surface area contributed by atoms with Gasteiger partial charge in [-0.3, -0.25) is 19.4 Å². The van der Waals surface area contributed by atoms with Crippen LogP contribution in [0, 0.1) is 0 Å². The number of carbonyl (C=O) groups is 3. The number of guanidine groups is 1. The highest BCUT2D eigenvalue weighted by Gasteiger charge is 2.37. The molecule has 2 amide bonds. The largest absolute Gasteiger partial charge is 0.411 e. The maximum Gasteiger partial charge on any atom is 0.411 e. The van der Waals surface area contributed by atoms with E-state index in [2.05, 4.69) is 15.0 Å². The van der Waals surface area contributed by atoms with Gasteiger partial charge in [-0.05, 0) is 37.7 Å². The number of nitrogens with zero attached hydrogens (tertiary/aromatic N) is 2. The zero-order valence-corrected chi connectivity index (χ0v) is 19.9. The standard InChI is InChI=1S/C23H33F3N6O4/c24-23(25,26)14-36-13-19(33)17(8-4-10-30-22(28)29)31-20(34)18-9-5-11-32(18)21(35)16(27)12-15-6-2-1-3-7-15/h1-3,6-7,16-18H,4-5,8-14,27H2,(H,31,34)(H4,28,29,30). The molecule has 1 aliphatic heterocycles. The van der Waals surface area contributed by atoms with Crippen molar-refractivity contribution in [3.8, 4) is 0 Å². The van der Waals surface area contributed by atoms with E-state index >= 15 is 0 Å². The van der Waals surface area contributed by atoms with Crippen LogP contribution < -0.4 is 22.5 Å². The number of rotatable bonds is 13. The molecule has 1 aliphatic rings. The highest BCUT2D eigenvalue weighted by atomic mass is 19.4. The molecule has 0 radical (unpaired) electrons. The number of likely N-dealkylation sites (tertiary alicyclic amines) is 1. The van der Waals surface area contributed by atoms with Gasteiger partial charge in [-0.2, -0.15) is 13.2 Å². The first-order valence-electron chi connectivity index (χ1n) is 11.6. The zero-order chi connectivity index (χ0) is 26.7. The number of nitrogens with two attached hydrogens (primary N) is 3. The number of alkyl halides is 3. The molecule has 36 heavy (non-hydrogen) atoms. The molecule has 1 fully saturated rings. The predicted octanol–water partition coefficient (Wildman–Crippen LogP) is 0.234. The van der Waals surface area contributed by atoms with E-state index in [1.165, 1.54) is 4.90 Å². The van der Waals surface area contributed by atoms with Gasteiger partial charge in [0.1, 0.15) is 19.3 Å². The van der Waals surface area contributed by atoms with E-state index < -0.39 is 49.2 Å². The van der Waals surface area contributed by atoms with E-state index in [-0.39, 0.29) is 31.3 Å². The quantitative estimate of drug-likeness (QED) is 0.166. The first-order chi connectivity index (χ1) is 17.0. The molecule has 13 heteroatoms. The average Bonchev–Trinajstić information content (AvgIpc) is 3.30. The number of benzene rings is 1. The van der Waals surface area contributed by atoms with Gasteiger partial charge in [0.05, 0.1) is 12.1 Å². The highest BCUT2D eigenvalue weighted by molar-refractivity contribution is 5.94. The molecule has 1 heterocycles. The van der Waals surface area contributed by atoms with Crippen LogP contribution in [0.4, 0.5) is 13.2 Å². The van der Waals surface area contributed by atoms with Gasteiger partial charge in [-0.25, -0.2) is 0 Å². The Bertz CT molecular complexity index is 909. The minimum absolute atomic E-state index is 0.0743. The van der Waals surface area contributed by atoms with Gasteiger partial charge < -0.3 is 32.2 Å². The van der Waals surface area contributed by atoms with Gasteiger partial charge in [-0.15, -0.1) is 0 Å². The van der Waals surface area contributed by atoms with Crippen LogP contribution in [0.5, 0.6) is 0 Å². The number of amides is 2. The number of Topliss-reactive ketones (excluding diaryl/α,β-unsaturated/α-hetero) is 1. The van der Waals surface area contributed by atoms with Crippen LogP contribution in [0.15, 0.2) is 35.3 Å². The van der Waals surface area contributed by atoms with Crippen LogP contribution in [0.1, 0.15) is 31.2 Å².